The van der Waals surface area contributed by atoms with Crippen LogP contribution >= 0.6 is 0 Å². The van der Waals surface area contributed by atoms with Crippen molar-refractivity contribution in [2.45, 2.75) is 12.5 Å². The predicted molar refractivity (Wildman–Crippen MR) is 88.8 cm³/mol. The van der Waals surface area contributed by atoms with Gasteiger partial charge in [0.05, 0.1) is 24.5 Å². The van der Waals surface area contributed by atoms with Crippen molar-refractivity contribution >= 4 is 17.3 Å². The first kappa shape index (κ1) is 15.6. The summed E-state index contributed by atoms with van der Waals surface area (Å²) in [4.78, 5) is 17.6. The lowest BCUT2D eigenvalue weighted by molar-refractivity contribution is -0.125. The zero-order valence-electron chi connectivity index (χ0n) is 13.0. The summed E-state index contributed by atoms with van der Waals surface area (Å²) in [5.41, 5.74) is 2.63. The quantitative estimate of drug-likeness (QED) is 0.938. The molecular weight excluding hydrogens is 306 g/mol. The number of hydrogen-bond donors (Lipinski definition) is 1. The molecule has 6 nitrogen and oxygen atoms in total. The number of nitriles is 1. The van der Waals surface area contributed by atoms with Crippen molar-refractivity contribution in [3.8, 4) is 11.8 Å². The second-order valence-electron chi connectivity index (χ2n) is 5.21. The van der Waals surface area contributed by atoms with E-state index in [2.05, 4.69) is 10.5 Å². The Labute approximate surface area is 139 Å². The normalized spacial score (nSPS) is 15.8. The van der Waals surface area contributed by atoms with Crippen LogP contribution in [0.1, 0.15) is 17.5 Å². The van der Waals surface area contributed by atoms with Gasteiger partial charge in [-0.15, -0.1) is 0 Å². The Kier molecular flexibility index (Phi) is 4.43. The van der Waals surface area contributed by atoms with Crippen molar-refractivity contribution in [1.82, 2.24) is 0 Å². The van der Waals surface area contributed by atoms with E-state index < -0.39 is 6.10 Å². The zero-order valence-corrected chi connectivity index (χ0v) is 13.0. The van der Waals surface area contributed by atoms with Crippen LogP contribution in [-0.2, 0) is 9.63 Å². The van der Waals surface area contributed by atoms with E-state index in [1.807, 2.05) is 30.3 Å². The number of ether oxygens (including phenoxy) is 1. The van der Waals surface area contributed by atoms with Crippen LogP contribution in [0, 0.1) is 11.3 Å². The van der Waals surface area contributed by atoms with Crippen LogP contribution in [0.2, 0.25) is 0 Å². The number of rotatable bonds is 4. The van der Waals surface area contributed by atoms with E-state index in [-0.39, 0.29) is 5.91 Å². The Morgan fingerprint density at radius 2 is 2.04 bits per heavy atom. The number of nitrogens with zero attached hydrogens (tertiary/aromatic N) is 2. The first-order valence-electron chi connectivity index (χ1n) is 7.38. The molecule has 0 radical (unpaired) electrons. The molecule has 2 aromatic rings. The first-order chi connectivity index (χ1) is 11.7. The van der Waals surface area contributed by atoms with Crippen molar-refractivity contribution in [3.05, 3.63) is 59.7 Å². The number of para-hydroxylation sites is 1. The summed E-state index contributed by atoms with van der Waals surface area (Å²) in [5, 5.41) is 15.6. The molecule has 0 aromatic heterocycles. The fourth-order valence-corrected chi connectivity index (χ4v) is 2.41. The molecule has 1 N–H and O–H groups in total. The minimum Gasteiger partial charge on any atom is -0.496 e. The van der Waals surface area contributed by atoms with Crippen molar-refractivity contribution < 1.29 is 14.4 Å². The molecule has 1 aliphatic rings. The number of oxime groups is 1. The predicted octanol–water partition coefficient (Wildman–Crippen LogP) is 2.70. The zero-order chi connectivity index (χ0) is 16.9. The fourth-order valence-electron chi connectivity index (χ4n) is 2.41. The van der Waals surface area contributed by atoms with Gasteiger partial charge in [-0.05, 0) is 36.4 Å². The molecule has 1 amide bonds. The van der Waals surface area contributed by atoms with Crippen LogP contribution in [0.3, 0.4) is 0 Å². The lowest BCUT2D eigenvalue weighted by Crippen LogP contribution is -2.28. The van der Waals surface area contributed by atoms with Gasteiger partial charge < -0.3 is 14.9 Å². The highest BCUT2D eigenvalue weighted by atomic mass is 16.6. The third-order valence-electron chi connectivity index (χ3n) is 3.66. The number of carbonyl (C=O) groups is 1. The molecule has 1 atom stereocenters. The third kappa shape index (κ3) is 3.20. The Bertz CT molecular complexity index is 822. The standard InChI is InChI=1S/C18H15N3O3/c1-23-16-5-3-2-4-14(16)15-10-17(24-21-15)18(22)20-13-8-6-12(11-19)7-9-13/h2-9,17H,10H2,1H3,(H,20,22). The van der Waals surface area contributed by atoms with Crippen LogP contribution in [0.5, 0.6) is 5.75 Å². The highest BCUT2D eigenvalue weighted by Gasteiger charge is 2.30. The Morgan fingerprint density at radius 1 is 1.29 bits per heavy atom. The summed E-state index contributed by atoms with van der Waals surface area (Å²) < 4.78 is 5.31. The van der Waals surface area contributed by atoms with Gasteiger partial charge in [-0.2, -0.15) is 5.26 Å². The molecule has 0 bridgehead atoms. The molecular formula is C18H15N3O3. The fraction of sp³-hybridized carbons (Fsp3) is 0.167. The molecule has 1 aliphatic heterocycles. The molecule has 2 aromatic carbocycles. The van der Waals surface area contributed by atoms with Crippen molar-refractivity contribution in [2.75, 3.05) is 12.4 Å². The molecule has 0 aliphatic carbocycles. The molecule has 1 heterocycles. The van der Waals surface area contributed by atoms with Crippen LogP contribution in [0.15, 0.2) is 53.7 Å². The Hall–Kier alpha value is -3.33. The SMILES string of the molecule is COc1ccccc1C1=NOC(C(=O)Nc2ccc(C#N)cc2)C1. The largest absolute Gasteiger partial charge is 0.496 e. The number of carbonyl (C=O) groups excluding carboxylic acids is 1. The van der Waals surface area contributed by atoms with Crippen LogP contribution < -0.4 is 10.1 Å². The summed E-state index contributed by atoms with van der Waals surface area (Å²) in [5.74, 6) is 0.404. The molecule has 0 saturated carbocycles. The lowest BCUT2D eigenvalue weighted by Gasteiger charge is -2.10. The highest BCUT2D eigenvalue weighted by molar-refractivity contribution is 6.07. The number of benzene rings is 2. The Balaban J connectivity index is 1.65. The van der Waals surface area contributed by atoms with Gasteiger partial charge >= 0.3 is 0 Å². The van der Waals surface area contributed by atoms with Gasteiger partial charge in [0, 0.05) is 17.7 Å². The van der Waals surface area contributed by atoms with Crippen LogP contribution in [0.4, 0.5) is 5.69 Å². The number of anilines is 1. The number of nitrogens with one attached hydrogen (secondary N) is 1. The highest BCUT2D eigenvalue weighted by Crippen LogP contribution is 2.25. The van der Waals surface area contributed by atoms with E-state index in [1.54, 1.807) is 31.4 Å². The second-order valence-corrected chi connectivity index (χ2v) is 5.21. The van der Waals surface area contributed by atoms with Crippen molar-refractivity contribution in [3.63, 3.8) is 0 Å². The van der Waals surface area contributed by atoms with Crippen LogP contribution in [0.25, 0.3) is 0 Å². The summed E-state index contributed by atoms with van der Waals surface area (Å²) >= 11 is 0. The monoisotopic (exact) mass is 321 g/mol. The van der Waals surface area contributed by atoms with Gasteiger partial charge in [0.25, 0.3) is 5.91 Å². The molecule has 120 valence electrons. The summed E-state index contributed by atoms with van der Waals surface area (Å²) in [6.07, 6.45) is -0.330. The summed E-state index contributed by atoms with van der Waals surface area (Å²) in [6, 6.07) is 16.1. The molecule has 0 saturated heterocycles. The smallest absolute Gasteiger partial charge is 0.268 e. The molecule has 3 rings (SSSR count). The van der Waals surface area contributed by atoms with E-state index >= 15 is 0 Å². The van der Waals surface area contributed by atoms with E-state index in [0.717, 1.165) is 5.56 Å². The molecule has 24 heavy (non-hydrogen) atoms. The van der Waals surface area contributed by atoms with Crippen molar-refractivity contribution in [2.24, 2.45) is 5.16 Å². The molecule has 6 heteroatoms. The average Bonchev–Trinajstić information content (AvgIpc) is 3.12. The maximum absolute atomic E-state index is 12.3. The number of hydrogen-bond acceptors (Lipinski definition) is 5. The van der Waals surface area contributed by atoms with Gasteiger partial charge in [-0.1, -0.05) is 17.3 Å². The molecule has 1 unspecified atom stereocenters. The van der Waals surface area contributed by atoms with E-state index in [4.69, 9.17) is 14.8 Å². The van der Waals surface area contributed by atoms with Gasteiger partial charge in [0.2, 0.25) is 6.10 Å². The van der Waals surface area contributed by atoms with Gasteiger partial charge in [0.1, 0.15) is 5.75 Å². The first-order valence-corrected chi connectivity index (χ1v) is 7.38. The minimum atomic E-state index is -0.694. The minimum absolute atomic E-state index is 0.284. The lowest BCUT2D eigenvalue weighted by atomic mass is 10.0. The second kappa shape index (κ2) is 6.84. The molecule has 0 fully saturated rings. The number of methoxy groups -OCH3 is 1. The van der Waals surface area contributed by atoms with Gasteiger partial charge in [-0.3, -0.25) is 4.79 Å². The summed E-state index contributed by atoms with van der Waals surface area (Å²) in [6.45, 7) is 0. The Morgan fingerprint density at radius 3 is 2.75 bits per heavy atom. The summed E-state index contributed by atoms with van der Waals surface area (Å²) in [7, 11) is 1.59. The number of amides is 1. The third-order valence-corrected chi connectivity index (χ3v) is 3.66. The average molecular weight is 321 g/mol. The van der Waals surface area contributed by atoms with E-state index in [9.17, 15) is 4.79 Å². The van der Waals surface area contributed by atoms with E-state index in [0.29, 0.717) is 29.1 Å². The van der Waals surface area contributed by atoms with Crippen molar-refractivity contribution in [1.29, 1.82) is 5.26 Å². The molecule has 0 spiro atoms. The van der Waals surface area contributed by atoms with Crippen LogP contribution in [-0.4, -0.2) is 24.8 Å². The maximum Gasteiger partial charge on any atom is 0.268 e. The topological polar surface area (TPSA) is 83.7 Å². The maximum atomic E-state index is 12.3. The van der Waals surface area contributed by atoms with Gasteiger partial charge in [-0.25, -0.2) is 0 Å². The van der Waals surface area contributed by atoms with E-state index in [1.165, 1.54) is 0 Å². The van der Waals surface area contributed by atoms with Gasteiger partial charge in [0.15, 0.2) is 0 Å².